The number of likely N-dealkylation sites (tertiary alicyclic amines) is 1. The Balaban J connectivity index is 1.45. The van der Waals surface area contributed by atoms with E-state index in [9.17, 15) is 9.59 Å². The van der Waals surface area contributed by atoms with Crippen LogP contribution in [0, 0.1) is 0 Å². The van der Waals surface area contributed by atoms with Gasteiger partial charge in [0.1, 0.15) is 0 Å². The summed E-state index contributed by atoms with van der Waals surface area (Å²) in [6.07, 6.45) is 2.37. The first-order chi connectivity index (χ1) is 16.2. The van der Waals surface area contributed by atoms with Gasteiger partial charge in [-0.2, -0.15) is 5.10 Å². The predicted octanol–water partition coefficient (Wildman–Crippen LogP) is 4.07. The van der Waals surface area contributed by atoms with Gasteiger partial charge in [-0.05, 0) is 49.0 Å². The number of carbonyl (C=O) groups excluding carboxylic acids is 1. The van der Waals surface area contributed by atoms with Gasteiger partial charge >= 0.3 is 0 Å². The van der Waals surface area contributed by atoms with E-state index in [2.05, 4.69) is 32.8 Å². The van der Waals surface area contributed by atoms with E-state index in [1.165, 1.54) is 22.4 Å². The minimum atomic E-state index is -0.256. The maximum atomic E-state index is 13.4. The van der Waals surface area contributed by atoms with Crippen LogP contribution in [0.15, 0.2) is 76.9 Å². The van der Waals surface area contributed by atoms with Crippen LogP contribution >= 0.6 is 11.3 Å². The molecule has 0 spiro atoms. The quantitative estimate of drug-likeness (QED) is 0.453. The third kappa shape index (κ3) is 4.60. The summed E-state index contributed by atoms with van der Waals surface area (Å²) in [5.41, 5.74) is 1.05. The summed E-state index contributed by atoms with van der Waals surface area (Å²) < 4.78 is 1.39. The lowest BCUT2D eigenvalue weighted by Crippen LogP contribution is -2.37. The monoisotopic (exact) mass is 458 g/mol. The molecule has 1 atom stereocenters. The lowest BCUT2D eigenvalue weighted by Gasteiger charge is -2.27. The highest BCUT2D eigenvalue weighted by atomic mass is 32.1. The molecule has 4 aromatic rings. The first-order valence-electron chi connectivity index (χ1n) is 11.3. The third-order valence-corrected chi connectivity index (χ3v) is 7.14. The molecule has 0 saturated carbocycles. The number of thiophene rings is 1. The highest BCUT2D eigenvalue weighted by Crippen LogP contribution is 2.28. The van der Waals surface area contributed by atoms with Gasteiger partial charge in [-0.1, -0.05) is 54.6 Å². The molecule has 2 aromatic heterocycles. The van der Waals surface area contributed by atoms with Crippen LogP contribution in [0.4, 0.5) is 0 Å². The summed E-state index contributed by atoms with van der Waals surface area (Å²) in [4.78, 5) is 30.1. The maximum Gasteiger partial charge on any atom is 0.274 e. The molecule has 1 fully saturated rings. The number of rotatable bonds is 7. The van der Waals surface area contributed by atoms with Gasteiger partial charge in [-0.25, -0.2) is 4.68 Å². The minimum Gasteiger partial charge on any atom is -0.349 e. The minimum absolute atomic E-state index is 0.151. The van der Waals surface area contributed by atoms with Crippen LogP contribution in [-0.4, -0.2) is 40.2 Å². The number of amides is 1. The molecule has 0 unspecified atom stereocenters. The zero-order valence-electron chi connectivity index (χ0n) is 18.3. The summed E-state index contributed by atoms with van der Waals surface area (Å²) in [7, 11) is 0. The van der Waals surface area contributed by atoms with E-state index in [-0.39, 0.29) is 23.2 Å². The zero-order chi connectivity index (χ0) is 22.6. The summed E-state index contributed by atoms with van der Waals surface area (Å²) in [5, 5.41) is 10.8. The second-order valence-electron chi connectivity index (χ2n) is 8.33. The number of fused-ring (bicyclic) bond motifs is 1. The smallest absolute Gasteiger partial charge is 0.274 e. The number of benzene rings is 2. The summed E-state index contributed by atoms with van der Waals surface area (Å²) in [6.45, 7) is 2.91. The van der Waals surface area contributed by atoms with Crippen molar-refractivity contribution in [1.29, 1.82) is 0 Å². The van der Waals surface area contributed by atoms with E-state index in [0.29, 0.717) is 23.9 Å². The summed E-state index contributed by atoms with van der Waals surface area (Å²) >= 11 is 1.72. The average molecular weight is 459 g/mol. The van der Waals surface area contributed by atoms with E-state index in [1.807, 2.05) is 42.5 Å². The Morgan fingerprint density at radius 3 is 2.42 bits per heavy atom. The van der Waals surface area contributed by atoms with Gasteiger partial charge in [0, 0.05) is 16.8 Å². The predicted molar refractivity (Wildman–Crippen MR) is 132 cm³/mol. The molecule has 0 bridgehead atoms. The average Bonchev–Trinajstić information content (AvgIpc) is 3.57. The van der Waals surface area contributed by atoms with Crippen molar-refractivity contribution in [2.75, 3.05) is 19.6 Å². The Bertz CT molecular complexity index is 1300. The van der Waals surface area contributed by atoms with Gasteiger partial charge in [0.15, 0.2) is 5.69 Å². The zero-order valence-corrected chi connectivity index (χ0v) is 19.1. The molecule has 168 valence electrons. The van der Waals surface area contributed by atoms with Crippen molar-refractivity contribution in [3.8, 4) is 0 Å². The van der Waals surface area contributed by atoms with E-state index in [0.717, 1.165) is 18.7 Å². The number of nitrogens with one attached hydrogen (secondary N) is 1. The SMILES string of the molecule is O=C(NC[C@H](c1cccs1)N1CCCC1)c1nn(Cc2ccccc2)c(=O)c2ccccc12. The van der Waals surface area contributed by atoms with Crippen molar-refractivity contribution in [1.82, 2.24) is 20.0 Å². The second kappa shape index (κ2) is 9.68. The summed E-state index contributed by atoms with van der Waals surface area (Å²) in [6, 6.07) is 21.2. The van der Waals surface area contributed by atoms with Crippen molar-refractivity contribution < 1.29 is 4.79 Å². The lowest BCUT2D eigenvalue weighted by atomic mass is 10.1. The topological polar surface area (TPSA) is 67.2 Å². The Morgan fingerprint density at radius 1 is 0.970 bits per heavy atom. The Morgan fingerprint density at radius 2 is 1.70 bits per heavy atom. The van der Waals surface area contributed by atoms with Crippen LogP contribution in [0.25, 0.3) is 10.8 Å². The van der Waals surface area contributed by atoms with Crippen molar-refractivity contribution in [2.24, 2.45) is 0 Å². The molecule has 2 aromatic carbocycles. The van der Waals surface area contributed by atoms with Crippen LogP contribution in [0.3, 0.4) is 0 Å². The van der Waals surface area contributed by atoms with Gasteiger partial charge in [-0.15, -0.1) is 11.3 Å². The molecule has 1 aliphatic rings. The lowest BCUT2D eigenvalue weighted by molar-refractivity contribution is 0.0933. The van der Waals surface area contributed by atoms with E-state index >= 15 is 0 Å². The second-order valence-corrected chi connectivity index (χ2v) is 9.31. The first-order valence-corrected chi connectivity index (χ1v) is 12.2. The van der Waals surface area contributed by atoms with Crippen molar-refractivity contribution in [3.63, 3.8) is 0 Å². The van der Waals surface area contributed by atoms with Gasteiger partial charge in [0.2, 0.25) is 0 Å². The number of nitrogens with zero attached hydrogens (tertiary/aromatic N) is 3. The number of aromatic nitrogens is 2. The first kappa shape index (κ1) is 21.6. The molecule has 1 amide bonds. The fourth-order valence-corrected chi connectivity index (χ4v) is 5.34. The molecular formula is C26H26N4O2S. The molecule has 1 N–H and O–H groups in total. The van der Waals surface area contributed by atoms with Crippen LogP contribution in [0.5, 0.6) is 0 Å². The molecule has 0 radical (unpaired) electrons. The van der Waals surface area contributed by atoms with Crippen LogP contribution < -0.4 is 10.9 Å². The van der Waals surface area contributed by atoms with Gasteiger partial charge in [0.25, 0.3) is 11.5 Å². The summed E-state index contributed by atoms with van der Waals surface area (Å²) in [5.74, 6) is -0.256. The van der Waals surface area contributed by atoms with Crippen molar-refractivity contribution in [3.05, 3.63) is 98.6 Å². The fourth-order valence-electron chi connectivity index (χ4n) is 4.48. The van der Waals surface area contributed by atoms with Gasteiger partial charge in [0.05, 0.1) is 18.0 Å². The molecule has 1 aliphatic heterocycles. The van der Waals surface area contributed by atoms with E-state index in [4.69, 9.17) is 0 Å². The fraction of sp³-hybridized carbons (Fsp3) is 0.269. The van der Waals surface area contributed by atoms with Crippen LogP contribution in [-0.2, 0) is 6.54 Å². The van der Waals surface area contributed by atoms with Crippen molar-refractivity contribution >= 4 is 28.0 Å². The molecule has 7 heteroatoms. The Kier molecular flexibility index (Phi) is 6.32. The van der Waals surface area contributed by atoms with Crippen LogP contribution in [0.1, 0.15) is 39.8 Å². The molecule has 1 saturated heterocycles. The van der Waals surface area contributed by atoms with Crippen molar-refractivity contribution in [2.45, 2.75) is 25.4 Å². The van der Waals surface area contributed by atoms with Crippen LogP contribution in [0.2, 0.25) is 0 Å². The third-order valence-electron chi connectivity index (χ3n) is 6.17. The Hall–Kier alpha value is -3.29. The number of carbonyl (C=O) groups is 1. The molecule has 6 nitrogen and oxygen atoms in total. The highest BCUT2D eigenvalue weighted by molar-refractivity contribution is 7.10. The molecule has 33 heavy (non-hydrogen) atoms. The molecular weight excluding hydrogens is 432 g/mol. The van der Waals surface area contributed by atoms with E-state index < -0.39 is 0 Å². The normalized spacial score (nSPS) is 15.0. The maximum absolute atomic E-state index is 13.4. The molecule has 3 heterocycles. The standard InChI is InChI=1S/C26H26N4O2S/c31-25(27-17-22(23-13-8-16-33-23)29-14-6-7-15-29)24-20-11-4-5-12-21(20)26(32)30(28-24)18-19-9-2-1-3-10-19/h1-5,8-13,16,22H,6-7,14-15,17-18H2,(H,27,31)/t22-/m1/s1. The number of hydrogen-bond donors (Lipinski definition) is 1. The largest absolute Gasteiger partial charge is 0.349 e. The number of hydrogen-bond acceptors (Lipinski definition) is 5. The molecule has 5 rings (SSSR count). The van der Waals surface area contributed by atoms with E-state index in [1.54, 1.807) is 23.5 Å². The highest BCUT2D eigenvalue weighted by Gasteiger charge is 2.25. The van der Waals surface area contributed by atoms with Gasteiger partial charge in [-0.3, -0.25) is 14.5 Å². The van der Waals surface area contributed by atoms with Gasteiger partial charge < -0.3 is 5.32 Å². The molecule has 0 aliphatic carbocycles. The Labute approximate surface area is 196 Å².